The molecule has 1 atom stereocenters. The minimum Gasteiger partial charge on any atom is -0.363 e. The molecule has 3 rings (SSSR count). The first-order valence-electron chi connectivity index (χ1n) is 8.60. The maximum Gasteiger partial charge on any atom is 0.287 e. The highest BCUT2D eigenvalue weighted by atomic mass is 16.2. The Morgan fingerprint density at radius 3 is 2.43 bits per heavy atom. The second-order valence-electron chi connectivity index (χ2n) is 6.18. The fourth-order valence-electron chi connectivity index (χ4n) is 2.88. The number of imidazole rings is 1. The summed E-state index contributed by atoms with van der Waals surface area (Å²) in [6, 6.07) is 11.6. The van der Waals surface area contributed by atoms with Crippen LogP contribution in [-0.4, -0.2) is 38.2 Å². The van der Waals surface area contributed by atoms with Gasteiger partial charge in [0.2, 0.25) is 5.78 Å². The SMILES string of the molecule is Cc1ncc(C(=O)NC(Cc2ccncc2)C(=O)C(N)=O)n1-c1ccccc1. The molecule has 8 nitrogen and oxygen atoms in total. The van der Waals surface area contributed by atoms with Gasteiger partial charge < -0.3 is 11.1 Å². The zero-order chi connectivity index (χ0) is 20.1. The van der Waals surface area contributed by atoms with Crippen LogP contribution in [0.15, 0.2) is 61.1 Å². The van der Waals surface area contributed by atoms with E-state index in [4.69, 9.17) is 5.73 Å². The molecule has 28 heavy (non-hydrogen) atoms. The highest BCUT2D eigenvalue weighted by Crippen LogP contribution is 2.15. The van der Waals surface area contributed by atoms with Gasteiger partial charge in [-0.1, -0.05) is 18.2 Å². The van der Waals surface area contributed by atoms with Gasteiger partial charge in [0.15, 0.2) is 0 Å². The van der Waals surface area contributed by atoms with Crippen molar-refractivity contribution in [1.82, 2.24) is 19.9 Å². The van der Waals surface area contributed by atoms with E-state index in [0.717, 1.165) is 11.3 Å². The van der Waals surface area contributed by atoms with Gasteiger partial charge in [-0.05, 0) is 36.8 Å². The molecule has 8 heteroatoms. The van der Waals surface area contributed by atoms with Crippen molar-refractivity contribution >= 4 is 17.6 Å². The maximum atomic E-state index is 12.9. The Balaban J connectivity index is 1.89. The van der Waals surface area contributed by atoms with Crippen molar-refractivity contribution in [3.05, 3.63) is 78.1 Å². The number of amides is 2. The molecule has 0 saturated carbocycles. The monoisotopic (exact) mass is 377 g/mol. The Morgan fingerprint density at radius 2 is 1.79 bits per heavy atom. The van der Waals surface area contributed by atoms with Gasteiger partial charge in [0.05, 0.1) is 6.20 Å². The molecule has 0 radical (unpaired) electrons. The van der Waals surface area contributed by atoms with Gasteiger partial charge in [-0.3, -0.25) is 23.9 Å². The molecule has 2 aromatic heterocycles. The number of pyridine rings is 1. The molecule has 1 unspecified atom stereocenters. The van der Waals surface area contributed by atoms with E-state index in [2.05, 4.69) is 15.3 Å². The Labute approximate surface area is 161 Å². The Morgan fingerprint density at radius 1 is 1.11 bits per heavy atom. The van der Waals surface area contributed by atoms with E-state index in [1.807, 2.05) is 30.3 Å². The normalized spacial score (nSPS) is 11.6. The minimum absolute atomic E-state index is 0.120. The number of hydrogen-bond donors (Lipinski definition) is 2. The van der Waals surface area contributed by atoms with Crippen LogP contribution in [0.25, 0.3) is 5.69 Å². The molecule has 0 aliphatic heterocycles. The second-order valence-corrected chi connectivity index (χ2v) is 6.18. The van der Waals surface area contributed by atoms with E-state index in [9.17, 15) is 14.4 Å². The van der Waals surface area contributed by atoms with E-state index in [1.165, 1.54) is 6.20 Å². The summed E-state index contributed by atoms with van der Waals surface area (Å²) in [4.78, 5) is 44.7. The lowest BCUT2D eigenvalue weighted by atomic mass is 10.0. The summed E-state index contributed by atoms with van der Waals surface area (Å²) in [5.41, 5.74) is 6.91. The van der Waals surface area contributed by atoms with Gasteiger partial charge in [0, 0.05) is 24.5 Å². The Hall–Kier alpha value is -3.81. The smallest absolute Gasteiger partial charge is 0.287 e. The molecule has 3 aromatic rings. The molecule has 0 aliphatic rings. The van der Waals surface area contributed by atoms with Crippen molar-refractivity contribution in [2.24, 2.45) is 5.73 Å². The summed E-state index contributed by atoms with van der Waals surface area (Å²) in [5, 5.41) is 2.62. The van der Waals surface area contributed by atoms with Crippen LogP contribution in [0.3, 0.4) is 0 Å². The largest absolute Gasteiger partial charge is 0.363 e. The van der Waals surface area contributed by atoms with Gasteiger partial charge in [-0.15, -0.1) is 0 Å². The molecule has 1 aromatic carbocycles. The van der Waals surface area contributed by atoms with Crippen LogP contribution in [0.1, 0.15) is 21.9 Å². The number of aromatic nitrogens is 3. The average molecular weight is 377 g/mol. The van der Waals surface area contributed by atoms with Crippen LogP contribution in [0.2, 0.25) is 0 Å². The number of carbonyl (C=O) groups is 3. The lowest BCUT2D eigenvalue weighted by Crippen LogP contribution is -2.47. The number of nitrogens with zero attached hydrogens (tertiary/aromatic N) is 3. The molecular weight excluding hydrogens is 358 g/mol. The molecule has 0 aliphatic carbocycles. The maximum absolute atomic E-state index is 12.9. The van der Waals surface area contributed by atoms with Crippen molar-refractivity contribution in [1.29, 1.82) is 0 Å². The lowest BCUT2D eigenvalue weighted by Gasteiger charge is -2.17. The highest BCUT2D eigenvalue weighted by Gasteiger charge is 2.27. The highest BCUT2D eigenvalue weighted by molar-refractivity contribution is 6.38. The number of nitrogens with two attached hydrogens (primary N) is 1. The van der Waals surface area contributed by atoms with Crippen LogP contribution < -0.4 is 11.1 Å². The summed E-state index contributed by atoms with van der Waals surface area (Å²) in [6.07, 6.45) is 4.68. The van der Waals surface area contributed by atoms with Crippen molar-refractivity contribution in [2.45, 2.75) is 19.4 Å². The fraction of sp³-hybridized carbons (Fsp3) is 0.150. The number of nitrogens with one attached hydrogen (secondary N) is 1. The van der Waals surface area contributed by atoms with Crippen molar-refractivity contribution in [3.8, 4) is 5.69 Å². The standard InChI is InChI=1S/C20H19N5O3/c1-13-23-12-17(25(13)15-5-3-2-4-6-15)20(28)24-16(18(26)19(21)27)11-14-7-9-22-10-8-14/h2-10,12,16H,11H2,1H3,(H2,21,27)(H,24,28). The molecule has 2 amide bonds. The van der Waals surface area contributed by atoms with Crippen LogP contribution in [0.4, 0.5) is 0 Å². The average Bonchev–Trinajstić information content (AvgIpc) is 3.09. The van der Waals surface area contributed by atoms with Crippen LogP contribution in [0, 0.1) is 6.92 Å². The third kappa shape index (κ3) is 4.12. The number of benzene rings is 1. The van der Waals surface area contributed by atoms with Gasteiger partial charge in [-0.25, -0.2) is 4.98 Å². The van der Waals surface area contributed by atoms with Gasteiger partial charge in [0.25, 0.3) is 11.8 Å². The predicted molar refractivity (Wildman–Crippen MR) is 102 cm³/mol. The molecule has 142 valence electrons. The first kappa shape index (κ1) is 19.0. The molecule has 3 N–H and O–H groups in total. The Bertz CT molecular complexity index is 999. The summed E-state index contributed by atoms with van der Waals surface area (Å²) in [6.45, 7) is 1.77. The van der Waals surface area contributed by atoms with Crippen LogP contribution >= 0.6 is 0 Å². The minimum atomic E-state index is -1.10. The third-order valence-corrected chi connectivity index (χ3v) is 4.24. The zero-order valence-corrected chi connectivity index (χ0v) is 15.2. The topological polar surface area (TPSA) is 120 Å². The van der Waals surface area contributed by atoms with Crippen molar-refractivity contribution < 1.29 is 14.4 Å². The second kappa shape index (κ2) is 8.26. The summed E-state index contributed by atoms with van der Waals surface area (Å²) in [7, 11) is 0. The number of aryl methyl sites for hydroxylation is 1. The fourth-order valence-corrected chi connectivity index (χ4v) is 2.88. The number of hydrogen-bond acceptors (Lipinski definition) is 5. The quantitative estimate of drug-likeness (QED) is 0.595. The number of rotatable bonds is 7. The van der Waals surface area contributed by atoms with Crippen LogP contribution in [-0.2, 0) is 16.0 Å². The van der Waals surface area contributed by atoms with E-state index < -0.39 is 23.6 Å². The summed E-state index contributed by atoms with van der Waals surface area (Å²) < 4.78 is 1.67. The molecule has 2 heterocycles. The Kier molecular flexibility index (Phi) is 5.59. The number of para-hydroxylation sites is 1. The zero-order valence-electron chi connectivity index (χ0n) is 15.2. The van der Waals surface area contributed by atoms with E-state index in [1.54, 1.807) is 36.0 Å². The first-order chi connectivity index (χ1) is 13.5. The van der Waals surface area contributed by atoms with Gasteiger partial charge in [-0.2, -0.15) is 0 Å². The van der Waals surface area contributed by atoms with Gasteiger partial charge in [0.1, 0.15) is 17.6 Å². The molecule has 0 fully saturated rings. The molecule has 0 saturated heterocycles. The van der Waals surface area contributed by atoms with Crippen molar-refractivity contribution in [3.63, 3.8) is 0 Å². The summed E-state index contributed by atoms with van der Waals surface area (Å²) in [5.74, 6) is -1.89. The number of Topliss-reactive ketones (excluding diaryl/α,β-unsaturated/α-hetero) is 1. The first-order valence-corrected chi connectivity index (χ1v) is 8.60. The summed E-state index contributed by atoms with van der Waals surface area (Å²) >= 11 is 0. The lowest BCUT2D eigenvalue weighted by molar-refractivity contribution is -0.137. The predicted octanol–water partition coefficient (Wildman–Crippen LogP) is 0.971. The van der Waals surface area contributed by atoms with Gasteiger partial charge >= 0.3 is 0 Å². The molecule has 0 bridgehead atoms. The third-order valence-electron chi connectivity index (χ3n) is 4.24. The van der Waals surface area contributed by atoms with E-state index in [0.29, 0.717) is 5.82 Å². The molecule has 0 spiro atoms. The molecular formula is C20H19N5O3. The van der Waals surface area contributed by atoms with E-state index >= 15 is 0 Å². The number of carbonyl (C=O) groups excluding carboxylic acids is 3. The number of primary amides is 1. The van der Waals surface area contributed by atoms with E-state index in [-0.39, 0.29) is 12.1 Å². The van der Waals surface area contributed by atoms with Crippen molar-refractivity contribution in [2.75, 3.05) is 0 Å². The van der Waals surface area contributed by atoms with Crippen LogP contribution in [0.5, 0.6) is 0 Å². The number of ketones is 1.